The lowest BCUT2D eigenvalue weighted by atomic mass is 10.2. The third-order valence-corrected chi connectivity index (χ3v) is 3.61. The molecule has 0 saturated carbocycles. The van der Waals surface area contributed by atoms with Gasteiger partial charge in [0.05, 0.1) is 11.8 Å². The van der Waals surface area contributed by atoms with Gasteiger partial charge in [0.2, 0.25) is 0 Å². The molecule has 0 aliphatic heterocycles. The SMILES string of the molecule is Cc1sc(-c2ccc(Cl)cc2)nc1C(C)O. The van der Waals surface area contributed by atoms with Gasteiger partial charge < -0.3 is 5.11 Å². The Bertz CT molecular complexity index is 490. The fourth-order valence-corrected chi connectivity index (χ4v) is 2.65. The van der Waals surface area contributed by atoms with E-state index in [-0.39, 0.29) is 0 Å². The minimum atomic E-state index is -0.516. The van der Waals surface area contributed by atoms with Crippen LogP contribution in [0.15, 0.2) is 24.3 Å². The van der Waals surface area contributed by atoms with Gasteiger partial charge in [-0.25, -0.2) is 4.98 Å². The van der Waals surface area contributed by atoms with Crippen molar-refractivity contribution >= 4 is 22.9 Å². The van der Waals surface area contributed by atoms with Crippen molar-refractivity contribution in [1.29, 1.82) is 0 Å². The number of aliphatic hydroxyl groups is 1. The molecule has 0 amide bonds. The van der Waals surface area contributed by atoms with Crippen LogP contribution in [0.3, 0.4) is 0 Å². The second kappa shape index (κ2) is 4.53. The van der Waals surface area contributed by atoms with Crippen LogP contribution in [0.25, 0.3) is 10.6 Å². The van der Waals surface area contributed by atoms with Gasteiger partial charge in [-0.05, 0) is 26.0 Å². The van der Waals surface area contributed by atoms with Crippen molar-refractivity contribution in [2.75, 3.05) is 0 Å². The van der Waals surface area contributed by atoms with Gasteiger partial charge in [0.1, 0.15) is 5.01 Å². The smallest absolute Gasteiger partial charge is 0.123 e. The zero-order valence-corrected chi connectivity index (χ0v) is 10.6. The Morgan fingerprint density at radius 2 is 1.94 bits per heavy atom. The Balaban J connectivity index is 2.41. The maximum absolute atomic E-state index is 9.53. The van der Waals surface area contributed by atoms with Crippen LogP contribution in [0, 0.1) is 6.92 Å². The fraction of sp³-hybridized carbons (Fsp3) is 0.250. The van der Waals surface area contributed by atoms with Crippen LogP contribution in [0.1, 0.15) is 23.6 Å². The molecule has 2 aromatic rings. The standard InChI is InChI=1S/C12H12ClNOS/c1-7(15)11-8(2)16-12(14-11)9-3-5-10(13)6-4-9/h3-7,15H,1-2H3. The molecule has 0 saturated heterocycles. The van der Waals surface area contributed by atoms with Crippen molar-refractivity contribution < 1.29 is 5.11 Å². The van der Waals surface area contributed by atoms with E-state index in [1.807, 2.05) is 31.2 Å². The van der Waals surface area contributed by atoms with E-state index in [1.54, 1.807) is 18.3 Å². The molecule has 0 aliphatic carbocycles. The molecule has 84 valence electrons. The third kappa shape index (κ3) is 2.26. The second-order valence-corrected chi connectivity index (χ2v) is 5.28. The summed E-state index contributed by atoms with van der Waals surface area (Å²) in [6.45, 7) is 3.70. The quantitative estimate of drug-likeness (QED) is 0.883. The minimum absolute atomic E-state index is 0.516. The molecule has 2 rings (SSSR count). The van der Waals surface area contributed by atoms with E-state index in [0.717, 1.165) is 21.1 Å². The number of benzene rings is 1. The molecule has 0 radical (unpaired) electrons. The van der Waals surface area contributed by atoms with Gasteiger partial charge in [-0.15, -0.1) is 11.3 Å². The largest absolute Gasteiger partial charge is 0.387 e. The predicted octanol–water partition coefficient (Wildman–Crippen LogP) is 3.83. The monoisotopic (exact) mass is 253 g/mol. The summed E-state index contributed by atoms with van der Waals surface area (Å²) < 4.78 is 0. The van der Waals surface area contributed by atoms with E-state index in [2.05, 4.69) is 4.98 Å². The second-order valence-electron chi connectivity index (χ2n) is 3.64. The third-order valence-electron chi connectivity index (χ3n) is 2.32. The summed E-state index contributed by atoms with van der Waals surface area (Å²) in [5.74, 6) is 0. The lowest BCUT2D eigenvalue weighted by Crippen LogP contribution is -1.93. The highest BCUT2D eigenvalue weighted by atomic mass is 35.5. The van der Waals surface area contributed by atoms with E-state index in [9.17, 15) is 5.11 Å². The first kappa shape index (κ1) is 11.6. The van der Waals surface area contributed by atoms with Crippen LogP contribution in [0.5, 0.6) is 0 Å². The van der Waals surface area contributed by atoms with Crippen molar-refractivity contribution in [3.05, 3.63) is 39.9 Å². The lowest BCUT2D eigenvalue weighted by molar-refractivity contribution is 0.194. The summed E-state index contributed by atoms with van der Waals surface area (Å²) in [5.41, 5.74) is 1.79. The molecule has 1 aromatic carbocycles. The zero-order chi connectivity index (χ0) is 11.7. The molecule has 0 bridgehead atoms. The molecule has 1 aromatic heterocycles. The lowest BCUT2D eigenvalue weighted by Gasteiger charge is -1.99. The number of hydrogen-bond donors (Lipinski definition) is 1. The molecule has 1 atom stereocenters. The fourth-order valence-electron chi connectivity index (χ4n) is 1.51. The number of halogens is 1. The summed E-state index contributed by atoms with van der Waals surface area (Å²) in [6, 6.07) is 7.56. The van der Waals surface area contributed by atoms with Crippen molar-refractivity contribution in [1.82, 2.24) is 4.98 Å². The molecule has 0 aliphatic rings. The summed E-state index contributed by atoms with van der Waals surface area (Å²) >= 11 is 7.42. The number of aromatic nitrogens is 1. The maximum atomic E-state index is 9.53. The number of rotatable bonds is 2. The van der Waals surface area contributed by atoms with Gasteiger partial charge in [-0.1, -0.05) is 23.7 Å². The average molecular weight is 254 g/mol. The molecule has 1 unspecified atom stereocenters. The molecular weight excluding hydrogens is 242 g/mol. The molecule has 4 heteroatoms. The zero-order valence-electron chi connectivity index (χ0n) is 9.07. The van der Waals surface area contributed by atoms with Gasteiger partial charge in [-0.2, -0.15) is 0 Å². The summed E-state index contributed by atoms with van der Waals surface area (Å²) in [6.07, 6.45) is -0.516. The Kier molecular flexibility index (Phi) is 3.28. The molecule has 1 N–H and O–H groups in total. The molecule has 1 heterocycles. The summed E-state index contributed by atoms with van der Waals surface area (Å²) in [5, 5.41) is 11.2. The first-order valence-electron chi connectivity index (χ1n) is 4.99. The van der Waals surface area contributed by atoms with Crippen LogP contribution < -0.4 is 0 Å². The summed E-state index contributed by atoms with van der Waals surface area (Å²) in [7, 11) is 0. The van der Waals surface area contributed by atoms with E-state index in [0.29, 0.717) is 5.02 Å². The Morgan fingerprint density at radius 1 is 1.31 bits per heavy atom. The van der Waals surface area contributed by atoms with Crippen LogP contribution in [0.4, 0.5) is 0 Å². The predicted molar refractivity (Wildman–Crippen MR) is 67.9 cm³/mol. The highest BCUT2D eigenvalue weighted by Crippen LogP contribution is 2.30. The number of nitrogens with zero attached hydrogens (tertiary/aromatic N) is 1. The van der Waals surface area contributed by atoms with Gasteiger partial charge >= 0.3 is 0 Å². The molecule has 16 heavy (non-hydrogen) atoms. The molecule has 0 spiro atoms. The minimum Gasteiger partial charge on any atom is -0.387 e. The normalized spacial score (nSPS) is 12.8. The van der Waals surface area contributed by atoms with Crippen molar-refractivity contribution in [2.24, 2.45) is 0 Å². The van der Waals surface area contributed by atoms with E-state index in [1.165, 1.54) is 0 Å². The Hall–Kier alpha value is -0.900. The number of aryl methyl sites for hydroxylation is 1. The highest BCUT2D eigenvalue weighted by molar-refractivity contribution is 7.15. The number of thiazole rings is 1. The molecular formula is C12H12ClNOS. The van der Waals surface area contributed by atoms with Crippen molar-refractivity contribution in [2.45, 2.75) is 20.0 Å². The molecule has 2 nitrogen and oxygen atoms in total. The van der Waals surface area contributed by atoms with E-state index >= 15 is 0 Å². The maximum Gasteiger partial charge on any atom is 0.123 e. The van der Waals surface area contributed by atoms with Crippen LogP contribution in [-0.4, -0.2) is 10.1 Å². The van der Waals surface area contributed by atoms with E-state index in [4.69, 9.17) is 11.6 Å². The van der Waals surface area contributed by atoms with Crippen LogP contribution >= 0.6 is 22.9 Å². The Labute approximate surface area is 104 Å². The highest BCUT2D eigenvalue weighted by Gasteiger charge is 2.12. The molecule has 0 fully saturated rings. The number of hydrogen-bond acceptors (Lipinski definition) is 3. The van der Waals surface area contributed by atoms with Gasteiger partial charge in [0.15, 0.2) is 0 Å². The first-order chi connectivity index (χ1) is 7.58. The Morgan fingerprint density at radius 3 is 2.44 bits per heavy atom. The van der Waals surface area contributed by atoms with Crippen molar-refractivity contribution in [3.8, 4) is 10.6 Å². The summed E-state index contributed by atoms with van der Waals surface area (Å²) in [4.78, 5) is 5.49. The van der Waals surface area contributed by atoms with Gasteiger partial charge in [0.25, 0.3) is 0 Å². The number of aliphatic hydroxyl groups excluding tert-OH is 1. The van der Waals surface area contributed by atoms with Gasteiger partial charge in [0, 0.05) is 15.5 Å². The average Bonchev–Trinajstić information content (AvgIpc) is 2.61. The van der Waals surface area contributed by atoms with Crippen LogP contribution in [0.2, 0.25) is 5.02 Å². The topological polar surface area (TPSA) is 33.1 Å². The van der Waals surface area contributed by atoms with Gasteiger partial charge in [-0.3, -0.25) is 0 Å². The van der Waals surface area contributed by atoms with Crippen molar-refractivity contribution in [3.63, 3.8) is 0 Å². The van der Waals surface area contributed by atoms with E-state index < -0.39 is 6.10 Å². The van der Waals surface area contributed by atoms with Crippen LogP contribution in [-0.2, 0) is 0 Å². The first-order valence-corrected chi connectivity index (χ1v) is 6.18.